The average molecular weight is 271 g/mol. The van der Waals surface area contributed by atoms with E-state index >= 15 is 0 Å². The molecule has 1 heterocycles. The van der Waals surface area contributed by atoms with E-state index in [0.29, 0.717) is 16.5 Å². The van der Waals surface area contributed by atoms with Crippen LogP contribution in [0.15, 0.2) is 18.2 Å². The van der Waals surface area contributed by atoms with E-state index in [4.69, 9.17) is 16.3 Å². The number of benzene rings is 1. The number of ether oxygens (including phenoxy) is 2. The fourth-order valence-corrected chi connectivity index (χ4v) is 2.93. The summed E-state index contributed by atoms with van der Waals surface area (Å²) < 4.78 is 11.0. The largest absolute Gasteiger partial charge is 0.494 e. The van der Waals surface area contributed by atoms with E-state index in [1.807, 2.05) is 25.1 Å². The molecule has 3 nitrogen and oxygen atoms in total. The molecule has 5 heteroatoms. The van der Waals surface area contributed by atoms with E-state index in [1.165, 1.54) is 18.4 Å². The lowest BCUT2D eigenvalue weighted by Crippen LogP contribution is -1.97. The molecule has 0 bridgehead atoms. The summed E-state index contributed by atoms with van der Waals surface area (Å²) in [5.74, 6) is 0.338. The number of hydrogen-bond acceptors (Lipinski definition) is 4. The van der Waals surface area contributed by atoms with Crippen molar-refractivity contribution in [3.63, 3.8) is 0 Å². The second-order valence-corrected chi connectivity index (χ2v) is 4.76. The van der Waals surface area contributed by atoms with Gasteiger partial charge in [-0.3, -0.25) is 0 Å². The minimum Gasteiger partial charge on any atom is -0.494 e. The number of methoxy groups -OCH3 is 1. The number of esters is 1. The van der Waals surface area contributed by atoms with Crippen LogP contribution in [0.1, 0.15) is 16.6 Å². The third-order valence-electron chi connectivity index (χ3n) is 2.28. The SMILES string of the molecule is CCOc1ccc2sc(C(=O)OC)c(Cl)c2c1. The molecule has 0 spiro atoms. The van der Waals surface area contributed by atoms with Crippen LogP contribution >= 0.6 is 22.9 Å². The minimum absolute atomic E-state index is 0.408. The Labute approximate surface area is 108 Å². The maximum Gasteiger partial charge on any atom is 0.349 e. The maximum absolute atomic E-state index is 11.5. The van der Waals surface area contributed by atoms with Gasteiger partial charge in [-0.25, -0.2) is 4.79 Å². The predicted octanol–water partition coefficient (Wildman–Crippen LogP) is 3.74. The predicted molar refractivity (Wildman–Crippen MR) is 69.3 cm³/mol. The highest BCUT2D eigenvalue weighted by molar-refractivity contribution is 7.21. The van der Waals surface area contributed by atoms with E-state index in [2.05, 4.69) is 4.74 Å². The van der Waals surface area contributed by atoms with Crippen LogP contribution in [-0.2, 0) is 4.74 Å². The molecule has 0 fully saturated rings. The van der Waals surface area contributed by atoms with Crippen molar-refractivity contribution in [2.75, 3.05) is 13.7 Å². The van der Waals surface area contributed by atoms with Crippen LogP contribution in [0.25, 0.3) is 10.1 Å². The first-order chi connectivity index (χ1) is 8.17. The molecule has 0 aliphatic carbocycles. The molecule has 0 aliphatic rings. The van der Waals surface area contributed by atoms with E-state index in [1.54, 1.807) is 0 Å². The first kappa shape index (κ1) is 12.2. The number of hydrogen-bond donors (Lipinski definition) is 0. The molecule has 1 aromatic carbocycles. The van der Waals surface area contributed by atoms with Gasteiger partial charge in [-0.05, 0) is 25.1 Å². The van der Waals surface area contributed by atoms with Gasteiger partial charge in [-0.1, -0.05) is 11.6 Å². The molecule has 0 amide bonds. The summed E-state index contributed by atoms with van der Waals surface area (Å²) in [6.45, 7) is 2.51. The molecular formula is C12H11ClO3S. The molecule has 17 heavy (non-hydrogen) atoms. The van der Waals surface area contributed by atoms with Gasteiger partial charge in [0.05, 0.1) is 18.7 Å². The number of rotatable bonds is 3. The molecular weight excluding hydrogens is 260 g/mol. The highest BCUT2D eigenvalue weighted by Crippen LogP contribution is 2.37. The van der Waals surface area contributed by atoms with Crippen LogP contribution in [0.3, 0.4) is 0 Å². The molecule has 1 aromatic heterocycles. The number of carbonyl (C=O) groups excluding carboxylic acids is 1. The van der Waals surface area contributed by atoms with Crippen molar-refractivity contribution in [2.45, 2.75) is 6.92 Å². The highest BCUT2D eigenvalue weighted by atomic mass is 35.5. The Morgan fingerprint density at radius 3 is 2.88 bits per heavy atom. The first-order valence-corrected chi connectivity index (χ1v) is 6.30. The lowest BCUT2D eigenvalue weighted by molar-refractivity contribution is 0.0606. The summed E-state index contributed by atoms with van der Waals surface area (Å²) in [6, 6.07) is 5.59. The summed E-state index contributed by atoms with van der Waals surface area (Å²) in [7, 11) is 1.34. The summed E-state index contributed by atoms with van der Waals surface area (Å²) >= 11 is 7.48. The first-order valence-electron chi connectivity index (χ1n) is 5.10. The van der Waals surface area contributed by atoms with Crippen molar-refractivity contribution in [2.24, 2.45) is 0 Å². The average Bonchev–Trinajstić information content (AvgIpc) is 2.67. The van der Waals surface area contributed by atoms with Crippen LogP contribution in [-0.4, -0.2) is 19.7 Å². The van der Waals surface area contributed by atoms with Crippen LogP contribution in [0.2, 0.25) is 5.02 Å². The Bertz CT molecular complexity index is 562. The van der Waals surface area contributed by atoms with Crippen molar-refractivity contribution in [1.82, 2.24) is 0 Å². The molecule has 2 aromatic rings. The third kappa shape index (κ3) is 2.23. The molecule has 0 unspecified atom stereocenters. The van der Waals surface area contributed by atoms with Crippen molar-refractivity contribution >= 4 is 39.0 Å². The molecule has 90 valence electrons. The summed E-state index contributed by atoms with van der Waals surface area (Å²) in [5, 5.41) is 1.25. The van der Waals surface area contributed by atoms with E-state index in [9.17, 15) is 4.79 Å². The van der Waals surface area contributed by atoms with Crippen LogP contribution < -0.4 is 4.74 Å². The standard InChI is InChI=1S/C12H11ClO3S/c1-3-16-7-4-5-9-8(6-7)10(13)11(17-9)12(14)15-2/h4-6H,3H2,1-2H3. The Kier molecular flexibility index (Phi) is 3.54. The van der Waals surface area contributed by atoms with Crippen LogP contribution in [0.5, 0.6) is 5.75 Å². The molecule has 2 rings (SSSR count). The second kappa shape index (κ2) is 4.94. The van der Waals surface area contributed by atoms with Gasteiger partial charge in [0.25, 0.3) is 0 Å². The third-order valence-corrected chi connectivity index (χ3v) is 3.94. The van der Waals surface area contributed by atoms with E-state index in [0.717, 1.165) is 15.8 Å². The van der Waals surface area contributed by atoms with Gasteiger partial charge >= 0.3 is 5.97 Å². The summed E-state index contributed by atoms with van der Waals surface area (Å²) in [6.07, 6.45) is 0. The topological polar surface area (TPSA) is 35.5 Å². The smallest absolute Gasteiger partial charge is 0.349 e. The normalized spacial score (nSPS) is 10.5. The van der Waals surface area contributed by atoms with E-state index < -0.39 is 5.97 Å². The van der Waals surface area contributed by atoms with Gasteiger partial charge in [0.2, 0.25) is 0 Å². The highest BCUT2D eigenvalue weighted by Gasteiger charge is 2.17. The Balaban J connectivity index is 2.54. The van der Waals surface area contributed by atoms with Crippen molar-refractivity contribution in [3.05, 3.63) is 28.1 Å². The second-order valence-electron chi connectivity index (χ2n) is 3.33. The van der Waals surface area contributed by atoms with Crippen LogP contribution in [0, 0.1) is 0 Å². The zero-order chi connectivity index (χ0) is 12.4. The number of fused-ring (bicyclic) bond motifs is 1. The molecule has 0 N–H and O–H groups in total. The number of thiophene rings is 1. The Morgan fingerprint density at radius 2 is 2.24 bits per heavy atom. The van der Waals surface area contributed by atoms with Gasteiger partial charge in [0.1, 0.15) is 10.6 Å². The van der Waals surface area contributed by atoms with Gasteiger partial charge < -0.3 is 9.47 Å². The number of carbonyl (C=O) groups is 1. The van der Waals surface area contributed by atoms with Crippen molar-refractivity contribution in [1.29, 1.82) is 0 Å². The maximum atomic E-state index is 11.5. The molecule has 0 saturated heterocycles. The molecule has 0 radical (unpaired) electrons. The lowest BCUT2D eigenvalue weighted by Gasteiger charge is -2.01. The van der Waals surface area contributed by atoms with Gasteiger partial charge in [0, 0.05) is 10.1 Å². The van der Waals surface area contributed by atoms with Gasteiger partial charge in [-0.15, -0.1) is 11.3 Å². The van der Waals surface area contributed by atoms with Gasteiger partial charge in [-0.2, -0.15) is 0 Å². The minimum atomic E-state index is -0.408. The van der Waals surface area contributed by atoms with E-state index in [-0.39, 0.29) is 0 Å². The van der Waals surface area contributed by atoms with Crippen molar-refractivity contribution < 1.29 is 14.3 Å². The summed E-state index contributed by atoms with van der Waals surface area (Å²) in [5.41, 5.74) is 0. The monoisotopic (exact) mass is 270 g/mol. The number of halogens is 1. The molecule has 0 atom stereocenters. The van der Waals surface area contributed by atoms with Gasteiger partial charge in [0.15, 0.2) is 0 Å². The Morgan fingerprint density at radius 1 is 1.47 bits per heavy atom. The zero-order valence-electron chi connectivity index (χ0n) is 9.45. The van der Waals surface area contributed by atoms with Crippen molar-refractivity contribution in [3.8, 4) is 5.75 Å². The zero-order valence-corrected chi connectivity index (χ0v) is 11.0. The fourth-order valence-electron chi connectivity index (χ4n) is 1.53. The quantitative estimate of drug-likeness (QED) is 0.797. The molecule has 0 saturated carbocycles. The summed E-state index contributed by atoms with van der Waals surface area (Å²) in [4.78, 5) is 11.9. The molecule has 0 aliphatic heterocycles. The Hall–Kier alpha value is -1.26. The lowest BCUT2D eigenvalue weighted by atomic mass is 10.2. The fraction of sp³-hybridized carbons (Fsp3) is 0.250. The van der Waals surface area contributed by atoms with Crippen LogP contribution in [0.4, 0.5) is 0 Å².